The predicted molar refractivity (Wildman–Crippen MR) is 110 cm³/mol. The summed E-state index contributed by atoms with van der Waals surface area (Å²) in [5.41, 5.74) is 2.95. The van der Waals surface area contributed by atoms with Crippen molar-refractivity contribution in [2.45, 2.75) is 13.1 Å². The number of carbonyl (C=O) groups excluding carboxylic acids is 1. The third-order valence-corrected chi connectivity index (χ3v) is 4.40. The molecule has 2 heterocycles. The molecule has 3 aromatic rings. The fraction of sp³-hybridized carbons (Fsp3) is 0.238. The van der Waals surface area contributed by atoms with Crippen LogP contribution in [-0.2, 0) is 20.1 Å². The van der Waals surface area contributed by atoms with Gasteiger partial charge in [0, 0.05) is 45.3 Å². The van der Waals surface area contributed by atoms with Gasteiger partial charge in [-0.1, -0.05) is 12.1 Å². The third-order valence-electron chi connectivity index (χ3n) is 4.40. The zero-order valence-electron chi connectivity index (χ0n) is 16.3. The lowest BCUT2D eigenvalue weighted by atomic mass is 10.2. The van der Waals surface area contributed by atoms with Crippen LogP contribution in [0.15, 0.2) is 70.4 Å². The van der Waals surface area contributed by atoms with Crippen LogP contribution >= 0.6 is 0 Å². The summed E-state index contributed by atoms with van der Waals surface area (Å²) in [5.74, 6) is 0.811. The first-order chi connectivity index (χ1) is 13.6. The highest BCUT2D eigenvalue weighted by Crippen LogP contribution is 2.13. The van der Waals surface area contributed by atoms with E-state index in [1.165, 1.54) is 12.0 Å². The molecule has 0 aliphatic heterocycles. The average molecular weight is 379 g/mol. The minimum Gasteiger partial charge on any atom is -0.459 e. The monoisotopic (exact) mass is 379 g/mol. The highest BCUT2D eigenvalue weighted by atomic mass is 16.3. The maximum Gasteiger partial charge on any atom is 0.291 e. The van der Waals surface area contributed by atoms with E-state index in [4.69, 9.17) is 4.42 Å². The lowest BCUT2D eigenvalue weighted by Gasteiger charge is -2.22. The first kappa shape index (κ1) is 19.3. The van der Waals surface area contributed by atoms with Crippen molar-refractivity contribution in [3.05, 3.63) is 78.0 Å². The van der Waals surface area contributed by atoms with Crippen molar-refractivity contribution in [1.29, 1.82) is 0 Å². The first-order valence-electron chi connectivity index (χ1n) is 9.02. The predicted octanol–water partition coefficient (Wildman–Crippen LogP) is 3.08. The number of amides is 1. The molecule has 0 fully saturated rings. The summed E-state index contributed by atoms with van der Waals surface area (Å²) < 4.78 is 7.21. The number of nitrogens with one attached hydrogen (secondary N) is 2. The number of carbonyl (C=O) groups is 1. The molecule has 0 unspecified atom stereocenters. The number of guanidine groups is 1. The second-order valence-corrected chi connectivity index (χ2v) is 6.50. The number of hydrogen-bond acceptors (Lipinski definition) is 3. The number of hydrogen-bond donors (Lipinski definition) is 2. The van der Waals surface area contributed by atoms with Crippen LogP contribution in [0, 0.1) is 0 Å². The van der Waals surface area contributed by atoms with Crippen molar-refractivity contribution in [2.75, 3.05) is 19.4 Å². The molecule has 2 aromatic heterocycles. The van der Waals surface area contributed by atoms with Crippen molar-refractivity contribution in [1.82, 2.24) is 14.8 Å². The maximum atomic E-state index is 12.1. The van der Waals surface area contributed by atoms with Crippen LogP contribution in [0.4, 0.5) is 5.69 Å². The van der Waals surface area contributed by atoms with Gasteiger partial charge >= 0.3 is 0 Å². The average Bonchev–Trinajstić information content (AvgIpc) is 3.35. The van der Waals surface area contributed by atoms with Crippen molar-refractivity contribution in [2.24, 2.45) is 12.0 Å². The number of aryl methyl sites for hydroxylation is 1. The molecule has 0 saturated carbocycles. The van der Waals surface area contributed by atoms with E-state index >= 15 is 0 Å². The Morgan fingerprint density at radius 2 is 2.07 bits per heavy atom. The van der Waals surface area contributed by atoms with Gasteiger partial charge in [-0.3, -0.25) is 9.79 Å². The molecular weight excluding hydrogens is 354 g/mol. The van der Waals surface area contributed by atoms with E-state index in [2.05, 4.69) is 31.2 Å². The first-order valence-corrected chi connectivity index (χ1v) is 9.02. The van der Waals surface area contributed by atoms with Crippen molar-refractivity contribution in [3.63, 3.8) is 0 Å². The second kappa shape index (κ2) is 8.94. The molecular formula is C21H25N5O2. The number of nitrogens with zero attached hydrogens (tertiary/aromatic N) is 3. The summed E-state index contributed by atoms with van der Waals surface area (Å²) in [6.07, 6.45) is 3.51. The fourth-order valence-electron chi connectivity index (χ4n) is 2.90. The maximum absolute atomic E-state index is 12.1. The van der Waals surface area contributed by atoms with Crippen molar-refractivity contribution < 1.29 is 9.21 Å². The van der Waals surface area contributed by atoms with Gasteiger partial charge < -0.3 is 24.5 Å². The Hall–Kier alpha value is -3.48. The van der Waals surface area contributed by atoms with Crippen LogP contribution in [0.2, 0.25) is 0 Å². The smallest absolute Gasteiger partial charge is 0.291 e. The number of anilines is 1. The standard InChI is InChI=1S/C21H25N5O2/c1-22-21(26(3)15-18-9-5-11-25(18)2)23-14-16-7-4-8-17(13-16)24-20(27)19-10-6-12-28-19/h4-13H,14-15H2,1-3H3,(H,22,23)(H,24,27). The summed E-state index contributed by atoms with van der Waals surface area (Å²) in [7, 11) is 5.80. The highest BCUT2D eigenvalue weighted by Gasteiger charge is 2.10. The lowest BCUT2D eigenvalue weighted by Crippen LogP contribution is -2.38. The van der Waals surface area contributed by atoms with E-state index in [-0.39, 0.29) is 11.7 Å². The van der Waals surface area contributed by atoms with Gasteiger partial charge in [0.25, 0.3) is 5.91 Å². The van der Waals surface area contributed by atoms with Crippen LogP contribution in [-0.4, -0.2) is 35.4 Å². The molecule has 0 bridgehead atoms. The van der Waals surface area contributed by atoms with Gasteiger partial charge in [-0.25, -0.2) is 0 Å². The summed E-state index contributed by atoms with van der Waals surface area (Å²) in [6.45, 7) is 1.34. The van der Waals surface area contributed by atoms with E-state index in [0.29, 0.717) is 12.2 Å². The van der Waals surface area contributed by atoms with Crippen LogP contribution in [0.25, 0.3) is 0 Å². The van der Waals surface area contributed by atoms with E-state index in [0.717, 1.165) is 18.1 Å². The molecule has 0 saturated heterocycles. The summed E-state index contributed by atoms with van der Waals surface area (Å²) >= 11 is 0. The Labute approximate surface area is 164 Å². The normalized spacial score (nSPS) is 11.3. The second-order valence-electron chi connectivity index (χ2n) is 6.50. The number of furan rings is 1. The quantitative estimate of drug-likeness (QED) is 0.510. The van der Waals surface area contributed by atoms with Crippen LogP contribution in [0.3, 0.4) is 0 Å². The molecule has 1 aromatic carbocycles. The van der Waals surface area contributed by atoms with Crippen LogP contribution in [0.5, 0.6) is 0 Å². The van der Waals surface area contributed by atoms with Gasteiger partial charge in [0.15, 0.2) is 11.7 Å². The Bertz CT molecular complexity index is 943. The molecule has 0 atom stereocenters. The van der Waals surface area contributed by atoms with Crippen LogP contribution in [0.1, 0.15) is 21.8 Å². The Morgan fingerprint density at radius 3 is 2.75 bits per heavy atom. The molecule has 0 aliphatic carbocycles. The van der Waals surface area contributed by atoms with Gasteiger partial charge in [0.2, 0.25) is 0 Å². The third kappa shape index (κ3) is 4.82. The minimum atomic E-state index is -0.270. The summed E-state index contributed by atoms with van der Waals surface area (Å²) in [4.78, 5) is 18.5. The lowest BCUT2D eigenvalue weighted by molar-refractivity contribution is 0.0996. The highest BCUT2D eigenvalue weighted by molar-refractivity contribution is 6.02. The minimum absolute atomic E-state index is 0.270. The Balaban J connectivity index is 1.58. The summed E-state index contributed by atoms with van der Waals surface area (Å²) in [6, 6.07) is 15.1. The zero-order valence-corrected chi connectivity index (χ0v) is 16.3. The zero-order chi connectivity index (χ0) is 19.9. The molecule has 7 heteroatoms. The van der Waals surface area contributed by atoms with Gasteiger partial charge in [-0.05, 0) is 42.0 Å². The topological polar surface area (TPSA) is 74.8 Å². The van der Waals surface area contributed by atoms with Crippen LogP contribution < -0.4 is 10.6 Å². The van der Waals surface area contributed by atoms with E-state index in [1.54, 1.807) is 19.2 Å². The molecule has 2 N–H and O–H groups in total. The molecule has 0 radical (unpaired) electrons. The molecule has 1 amide bonds. The van der Waals surface area contributed by atoms with Crippen molar-refractivity contribution >= 4 is 17.6 Å². The molecule has 7 nitrogen and oxygen atoms in total. The number of aromatic nitrogens is 1. The van der Waals surface area contributed by atoms with E-state index in [9.17, 15) is 4.79 Å². The van der Waals surface area contributed by atoms with Gasteiger partial charge in [-0.2, -0.15) is 0 Å². The van der Waals surface area contributed by atoms with E-state index in [1.807, 2.05) is 50.6 Å². The Morgan fingerprint density at radius 1 is 1.21 bits per heavy atom. The number of benzene rings is 1. The van der Waals surface area contributed by atoms with Crippen molar-refractivity contribution in [3.8, 4) is 0 Å². The molecule has 3 rings (SSSR count). The molecule has 0 spiro atoms. The number of rotatable bonds is 6. The van der Waals surface area contributed by atoms with Gasteiger partial charge in [0.1, 0.15) is 0 Å². The number of aliphatic imine (C=N–C) groups is 1. The summed E-state index contributed by atoms with van der Waals surface area (Å²) in [5, 5.41) is 6.20. The van der Waals surface area contributed by atoms with Gasteiger partial charge in [-0.15, -0.1) is 0 Å². The van der Waals surface area contributed by atoms with Gasteiger partial charge in [0.05, 0.1) is 12.8 Å². The largest absolute Gasteiger partial charge is 0.459 e. The fourth-order valence-corrected chi connectivity index (χ4v) is 2.90. The Kier molecular flexibility index (Phi) is 6.16. The molecule has 146 valence electrons. The van der Waals surface area contributed by atoms with E-state index < -0.39 is 0 Å². The molecule has 0 aliphatic rings. The SMILES string of the molecule is CN=C(NCc1cccc(NC(=O)c2ccco2)c1)N(C)Cc1cccn1C. The molecule has 28 heavy (non-hydrogen) atoms.